The summed E-state index contributed by atoms with van der Waals surface area (Å²) in [6, 6.07) is 11.6. The van der Waals surface area contributed by atoms with Crippen molar-refractivity contribution in [1.29, 1.82) is 0 Å². The number of morpholine rings is 1. The lowest BCUT2D eigenvalue weighted by atomic mass is 10.1. The molecule has 1 amide bonds. The zero-order valence-corrected chi connectivity index (χ0v) is 15.1. The summed E-state index contributed by atoms with van der Waals surface area (Å²) in [7, 11) is 0. The first-order valence-electron chi connectivity index (χ1n) is 9.05. The van der Waals surface area contributed by atoms with E-state index < -0.39 is 0 Å². The monoisotopic (exact) mass is 355 g/mol. The third-order valence-electron chi connectivity index (χ3n) is 4.40. The number of nitrogens with zero attached hydrogens (tertiary/aromatic N) is 3. The van der Waals surface area contributed by atoms with E-state index in [-0.39, 0.29) is 12.0 Å². The van der Waals surface area contributed by atoms with Crippen LogP contribution in [-0.4, -0.2) is 53.2 Å². The summed E-state index contributed by atoms with van der Waals surface area (Å²) >= 11 is 0. The Balaban J connectivity index is 1.41. The minimum absolute atomic E-state index is 0.0537. The topological polar surface area (TPSA) is 64.6 Å². The number of rotatable bonds is 7. The van der Waals surface area contributed by atoms with Crippen molar-refractivity contribution in [1.82, 2.24) is 14.9 Å². The van der Waals surface area contributed by atoms with Crippen LogP contribution in [0.15, 0.2) is 42.7 Å². The number of amides is 1. The highest BCUT2D eigenvalue weighted by Gasteiger charge is 2.24. The van der Waals surface area contributed by atoms with E-state index in [0.29, 0.717) is 32.7 Å². The lowest BCUT2D eigenvalue weighted by molar-refractivity contribution is -0.139. The van der Waals surface area contributed by atoms with E-state index in [1.165, 1.54) is 0 Å². The number of ether oxygens (including phenoxy) is 2. The van der Waals surface area contributed by atoms with Gasteiger partial charge in [-0.15, -0.1) is 0 Å². The highest BCUT2D eigenvalue weighted by atomic mass is 16.5. The highest BCUT2D eigenvalue weighted by molar-refractivity contribution is 5.76. The van der Waals surface area contributed by atoms with E-state index in [1.54, 1.807) is 6.33 Å². The smallest absolute Gasteiger partial charge is 0.226 e. The average molecular weight is 355 g/mol. The maximum absolute atomic E-state index is 12.4. The molecule has 1 aliphatic rings. The zero-order chi connectivity index (χ0) is 18.2. The van der Waals surface area contributed by atoms with Crippen LogP contribution >= 0.6 is 0 Å². The summed E-state index contributed by atoms with van der Waals surface area (Å²) in [4.78, 5) is 22.7. The van der Waals surface area contributed by atoms with E-state index in [9.17, 15) is 4.79 Å². The Morgan fingerprint density at radius 3 is 2.96 bits per heavy atom. The second-order valence-corrected chi connectivity index (χ2v) is 6.43. The molecule has 2 aromatic rings. The zero-order valence-electron chi connectivity index (χ0n) is 15.1. The van der Waals surface area contributed by atoms with Crippen molar-refractivity contribution in [3.05, 3.63) is 54.1 Å². The molecule has 0 unspecified atom stereocenters. The second-order valence-electron chi connectivity index (χ2n) is 6.43. The van der Waals surface area contributed by atoms with Gasteiger partial charge in [-0.2, -0.15) is 0 Å². The molecule has 0 N–H and O–H groups in total. The molecule has 6 heteroatoms. The summed E-state index contributed by atoms with van der Waals surface area (Å²) in [5.41, 5.74) is 1.98. The average Bonchev–Trinajstić information content (AvgIpc) is 2.67. The molecule has 6 nitrogen and oxygen atoms in total. The lowest BCUT2D eigenvalue weighted by Gasteiger charge is -2.33. The van der Waals surface area contributed by atoms with Crippen LogP contribution in [0.25, 0.3) is 0 Å². The predicted octanol–water partition coefficient (Wildman–Crippen LogP) is 2.41. The van der Waals surface area contributed by atoms with Crippen LogP contribution in [-0.2, 0) is 16.0 Å². The highest BCUT2D eigenvalue weighted by Crippen LogP contribution is 2.14. The van der Waals surface area contributed by atoms with Gasteiger partial charge in [0.1, 0.15) is 12.1 Å². The van der Waals surface area contributed by atoms with E-state index in [0.717, 1.165) is 30.0 Å². The van der Waals surface area contributed by atoms with Gasteiger partial charge in [-0.05, 0) is 38.0 Å². The fraction of sp³-hybridized carbons (Fsp3) is 0.450. The van der Waals surface area contributed by atoms with Crippen LogP contribution in [0.5, 0.6) is 5.75 Å². The molecule has 3 rings (SSSR count). The van der Waals surface area contributed by atoms with Crippen molar-refractivity contribution in [2.24, 2.45) is 0 Å². The molecule has 138 valence electrons. The number of aromatic nitrogens is 2. The molecule has 0 saturated carbocycles. The first-order chi connectivity index (χ1) is 12.7. The third-order valence-corrected chi connectivity index (χ3v) is 4.40. The molecule has 1 saturated heterocycles. The molecule has 0 radical (unpaired) electrons. The van der Waals surface area contributed by atoms with E-state index in [2.05, 4.69) is 9.97 Å². The number of benzene rings is 1. The molecule has 1 fully saturated rings. The van der Waals surface area contributed by atoms with Crippen LogP contribution in [0.3, 0.4) is 0 Å². The molecule has 0 aliphatic carbocycles. The van der Waals surface area contributed by atoms with Gasteiger partial charge in [-0.1, -0.05) is 18.2 Å². The molecule has 1 aromatic carbocycles. The Hall–Kier alpha value is -2.47. The van der Waals surface area contributed by atoms with Gasteiger partial charge < -0.3 is 14.4 Å². The minimum atomic E-state index is 0.0537. The normalized spacial score (nSPS) is 17.1. The number of hydrogen-bond acceptors (Lipinski definition) is 5. The number of carbonyl (C=O) groups excluding carboxylic acids is 1. The summed E-state index contributed by atoms with van der Waals surface area (Å²) < 4.78 is 11.4. The van der Waals surface area contributed by atoms with E-state index in [4.69, 9.17) is 9.47 Å². The lowest BCUT2D eigenvalue weighted by Crippen LogP contribution is -2.46. The Morgan fingerprint density at radius 1 is 1.31 bits per heavy atom. The summed E-state index contributed by atoms with van der Waals surface area (Å²) in [6.07, 6.45) is 3.70. The van der Waals surface area contributed by atoms with Gasteiger partial charge in [0, 0.05) is 24.5 Å². The van der Waals surface area contributed by atoms with Crippen LogP contribution in [0, 0.1) is 6.92 Å². The molecule has 1 aliphatic heterocycles. The van der Waals surface area contributed by atoms with Crippen LogP contribution in [0.2, 0.25) is 0 Å². The number of carbonyl (C=O) groups is 1. The molecule has 0 spiro atoms. The Bertz CT molecular complexity index is 708. The van der Waals surface area contributed by atoms with Crippen LogP contribution in [0.1, 0.15) is 24.2 Å². The van der Waals surface area contributed by atoms with E-state index >= 15 is 0 Å². The Kier molecular flexibility index (Phi) is 6.55. The van der Waals surface area contributed by atoms with Crippen molar-refractivity contribution in [2.75, 3.05) is 26.3 Å². The van der Waals surface area contributed by atoms with Gasteiger partial charge in [0.25, 0.3) is 0 Å². The second kappa shape index (κ2) is 9.29. The largest absolute Gasteiger partial charge is 0.493 e. The van der Waals surface area contributed by atoms with Crippen molar-refractivity contribution < 1.29 is 14.3 Å². The first kappa shape index (κ1) is 18.3. The van der Waals surface area contributed by atoms with Crippen LogP contribution < -0.4 is 4.74 Å². The van der Waals surface area contributed by atoms with Gasteiger partial charge in [-0.25, -0.2) is 9.97 Å². The predicted molar refractivity (Wildman–Crippen MR) is 98.0 cm³/mol. The summed E-state index contributed by atoms with van der Waals surface area (Å²) in [5.74, 6) is 0.910. The SMILES string of the molecule is Cc1cc(CC[C@@H]2CN(C(=O)CCOc3ccccc3)CCO2)ncn1. The Morgan fingerprint density at radius 2 is 2.15 bits per heavy atom. The van der Waals surface area contributed by atoms with Gasteiger partial charge in [0.05, 0.1) is 25.7 Å². The maximum atomic E-state index is 12.4. The molecule has 1 aromatic heterocycles. The fourth-order valence-electron chi connectivity index (χ4n) is 3.01. The Labute approximate surface area is 154 Å². The molecular weight excluding hydrogens is 330 g/mol. The standard InChI is InChI=1S/C20H25N3O3/c1-16-13-17(22-15-21-16)7-8-19-14-23(10-12-26-19)20(24)9-11-25-18-5-3-2-4-6-18/h2-6,13,15,19H,7-12,14H2,1H3/t19-/m1/s1. The number of para-hydroxylation sites is 1. The van der Waals surface area contributed by atoms with Crippen molar-refractivity contribution in [3.63, 3.8) is 0 Å². The third kappa shape index (κ3) is 5.52. The fourth-order valence-corrected chi connectivity index (χ4v) is 3.01. The minimum Gasteiger partial charge on any atom is -0.493 e. The molecule has 1 atom stereocenters. The van der Waals surface area contributed by atoms with Gasteiger partial charge >= 0.3 is 0 Å². The summed E-state index contributed by atoms with van der Waals surface area (Å²) in [5, 5.41) is 0. The number of hydrogen-bond donors (Lipinski definition) is 0. The van der Waals surface area contributed by atoms with Crippen molar-refractivity contribution in [3.8, 4) is 5.75 Å². The van der Waals surface area contributed by atoms with Crippen molar-refractivity contribution in [2.45, 2.75) is 32.3 Å². The maximum Gasteiger partial charge on any atom is 0.226 e. The molecule has 2 heterocycles. The van der Waals surface area contributed by atoms with E-state index in [1.807, 2.05) is 48.2 Å². The van der Waals surface area contributed by atoms with Crippen LogP contribution in [0.4, 0.5) is 0 Å². The quantitative estimate of drug-likeness (QED) is 0.763. The summed E-state index contributed by atoms with van der Waals surface area (Å²) in [6.45, 7) is 4.21. The first-order valence-corrected chi connectivity index (χ1v) is 9.05. The van der Waals surface area contributed by atoms with Crippen molar-refractivity contribution >= 4 is 5.91 Å². The van der Waals surface area contributed by atoms with Gasteiger partial charge in [-0.3, -0.25) is 4.79 Å². The molecule has 0 bridgehead atoms. The van der Waals surface area contributed by atoms with Gasteiger partial charge in [0.2, 0.25) is 5.91 Å². The van der Waals surface area contributed by atoms with Gasteiger partial charge in [0.15, 0.2) is 0 Å². The molecule has 26 heavy (non-hydrogen) atoms. The molecular formula is C20H25N3O3. The number of aryl methyl sites for hydroxylation is 2.